The first-order valence-corrected chi connectivity index (χ1v) is 6.68. The largest absolute Gasteiger partial charge is 0.493 e. The molecule has 2 unspecified atom stereocenters. The minimum Gasteiger partial charge on any atom is -0.493 e. The molecule has 1 aromatic rings. The fourth-order valence-electron chi connectivity index (χ4n) is 2.04. The van der Waals surface area contributed by atoms with E-state index in [1.807, 2.05) is 31.2 Å². The number of ether oxygens (including phenoxy) is 2. The molecule has 2 N–H and O–H groups in total. The molecule has 0 saturated carbocycles. The van der Waals surface area contributed by atoms with E-state index < -0.39 is 0 Å². The molecule has 17 heavy (non-hydrogen) atoms. The summed E-state index contributed by atoms with van der Waals surface area (Å²) in [6.45, 7) is 3.42. The Hall–Kier alpha value is -0.580. The maximum atomic E-state index is 6.28. The van der Waals surface area contributed by atoms with Crippen molar-refractivity contribution in [3.05, 3.63) is 28.7 Å². The zero-order valence-electron chi connectivity index (χ0n) is 9.99. The van der Waals surface area contributed by atoms with Gasteiger partial charge >= 0.3 is 0 Å². The van der Waals surface area contributed by atoms with Gasteiger partial charge in [0.15, 0.2) is 0 Å². The van der Waals surface area contributed by atoms with Crippen LogP contribution in [0.25, 0.3) is 0 Å². The van der Waals surface area contributed by atoms with Gasteiger partial charge in [-0.25, -0.2) is 0 Å². The van der Waals surface area contributed by atoms with Gasteiger partial charge in [0.05, 0.1) is 12.7 Å². The van der Waals surface area contributed by atoms with Crippen molar-refractivity contribution in [2.75, 3.05) is 13.2 Å². The molecule has 1 fully saturated rings. The molecule has 94 valence electrons. The summed E-state index contributed by atoms with van der Waals surface area (Å²) >= 11 is 3.42. The quantitative estimate of drug-likeness (QED) is 0.930. The zero-order valence-corrected chi connectivity index (χ0v) is 11.6. The second-order valence-corrected chi connectivity index (χ2v) is 5.47. The second kappa shape index (κ2) is 5.38. The standard InChI is InChI=1S/C13H18BrNO2/c1-10-13(15,5-7-16-10)6-8-17-12-4-2-3-11(14)9-12/h2-4,9-10H,5-8,15H2,1H3. The number of hydrogen-bond acceptors (Lipinski definition) is 3. The van der Waals surface area contributed by atoms with Crippen LogP contribution in [0.2, 0.25) is 0 Å². The van der Waals surface area contributed by atoms with Crippen LogP contribution in [0, 0.1) is 0 Å². The van der Waals surface area contributed by atoms with E-state index in [4.69, 9.17) is 15.2 Å². The van der Waals surface area contributed by atoms with E-state index in [-0.39, 0.29) is 11.6 Å². The molecule has 1 aliphatic heterocycles. The molecular formula is C13H18BrNO2. The van der Waals surface area contributed by atoms with E-state index in [1.165, 1.54) is 0 Å². The van der Waals surface area contributed by atoms with E-state index in [0.29, 0.717) is 6.61 Å². The minimum atomic E-state index is -0.230. The highest BCUT2D eigenvalue weighted by molar-refractivity contribution is 9.10. The Balaban J connectivity index is 1.83. The van der Waals surface area contributed by atoms with Gasteiger partial charge < -0.3 is 15.2 Å². The third kappa shape index (κ3) is 3.21. The summed E-state index contributed by atoms with van der Waals surface area (Å²) in [4.78, 5) is 0. The van der Waals surface area contributed by atoms with E-state index in [2.05, 4.69) is 15.9 Å². The van der Waals surface area contributed by atoms with Gasteiger partial charge in [0.1, 0.15) is 5.75 Å². The van der Waals surface area contributed by atoms with Crippen LogP contribution in [0.1, 0.15) is 19.8 Å². The number of benzene rings is 1. The van der Waals surface area contributed by atoms with Gasteiger partial charge in [-0.2, -0.15) is 0 Å². The molecule has 1 saturated heterocycles. The molecule has 1 heterocycles. The lowest BCUT2D eigenvalue weighted by Crippen LogP contribution is -2.47. The fraction of sp³-hybridized carbons (Fsp3) is 0.538. The highest BCUT2D eigenvalue weighted by Crippen LogP contribution is 2.27. The average Bonchev–Trinajstić information content (AvgIpc) is 2.60. The van der Waals surface area contributed by atoms with Gasteiger partial charge in [-0.1, -0.05) is 22.0 Å². The SMILES string of the molecule is CC1OCCC1(N)CCOc1cccc(Br)c1. The number of rotatable bonds is 4. The van der Waals surface area contributed by atoms with Crippen LogP contribution in [0.3, 0.4) is 0 Å². The molecule has 1 aromatic carbocycles. The Morgan fingerprint density at radius 1 is 1.59 bits per heavy atom. The zero-order chi connectivity index (χ0) is 12.3. The van der Waals surface area contributed by atoms with Crippen LogP contribution in [0.4, 0.5) is 0 Å². The summed E-state index contributed by atoms with van der Waals surface area (Å²) in [6, 6.07) is 7.84. The van der Waals surface area contributed by atoms with Crippen molar-refractivity contribution in [2.24, 2.45) is 5.73 Å². The third-order valence-corrected chi connectivity index (χ3v) is 3.87. The summed E-state index contributed by atoms with van der Waals surface area (Å²) in [5.74, 6) is 0.870. The first-order valence-electron chi connectivity index (χ1n) is 5.89. The van der Waals surface area contributed by atoms with Crippen LogP contribution in [0.15, 0.2) is 28.7 Å². The first-order chi connectivity index (χ1) is 8.10. The summed E-state index contributed by atoms with van der Waals surface area (Å²) in [5.41, 5.74) is 6.05. The van der Waals surface area contributed by atoms with Gasteiger partial charge in [-0.05, 0) is 31.5 Å². The van der Waals surface area contributed by atoms with E-state index in [1.54, 1.807) is 0 Å². The summed E-state index contributed by atoms with van der Waals surface area (Å²) in [7, 11) is 0. The lowest BCUT2D eigenvalue weighted by atomic mass is 9.90. The van der Waals surface area contributed by atoms with Crippen molar-refractivity contribution in [1.82, 2.24) is 0 Å². The van der Waals surface area contributed by atoms with Gasteiger partial charge in [0.2, 0.25) is 0 Å². The Morgan fingerprint density at radius 3 is 3.06 bits per heavy atom. The number of hydrogen-bond donors (Lipinski definition) is 1. The predicted molar refractivity (Wildman–Crippen MR) is 71.2 cm³/mol. The molecule has 0 bridgehead atoms. The van der Waals surface area contributed by atoms with Crippen molar-refractivity contribution < 1.29 is 9.47 Å². The Morgan fingerprint density at radius 2 is 2.41 bits per heavy atom. The van der Waals surface area contributed by atoms with E-state index in [9.17, 15) is 0 Å². The highest BCUT2D eigenvalue weighted by Gasteiger charge is 2.37. The van der Waals surface area contributed by atoms with Crippen LogP contribution < -0.4 is 10.5 Å². The molecule has 3 nitrogen and oxygen atoms in total. The van der Waals surface area contributed by atoms with Crippen LogP contribution >= 0.6 is 15.9 Å². The normalized spacial score (nSPS) is 28.3. The Bertz CT molecular complexity index is 385. The Kier molecular flexibility index (Phi) is 4.07. The van der Waals surface area contributed by atoms with Crippen molar-refractivity contribution in [3.8, 4) is 5.75 Å². The van der Waals surface area contributed by atoms with Crippen molar-refractivity contribution in [1.29, 1.82) is 0 Å². The maximum absolute atomic E-state index is 6.28. The van der Waals surface area contributed by atoms with Gasteiger partial charge in [0, 0.05) is 23.0 Å². The lowest BCUT2D eigenvalue weighted by Gasteiger charge is -2.27. The molecule has 0 aromatic heterocycles. The monoisotopic (exact) mass is 299 g/mol. The topological polar surface area (TPSA) is 44.5 Å². The van der Waals surface area contributed by atoms with E-state index >= 15 is 0 Å². The van der Waals surface area contributed by atoms with Gasteiger partial charge in [-0.3, -0.25) is 0 Å². The molecule has 2 atom stereocenters. The predicted octanol–water partition coefficient (Wildman–Crippen LogP) is 2.72. The van der Waals surface area contributed by atoms with Crippen molar-refractivity contribution in [3.63, 3.8) is 0 Å². The number of halogens is 1. The average molecular weight is 300 g/mol. The Labute approximate surface area is 110 Å². The van der Waals surface area contributed by atoms with Crippen LogP contribution in [0.5, 0.6) is 5.75 Å². The molecule has 0 amide bonds. The lowest BCUT2D eigenvalue weighted by molar-refractivity contribution is 0.0874. The summed E-state index contributed by atoms with van der Waals surface area (Å²) < 4.78 is 12.2. The maximum Gasteiger partial charge on any atom is 0.120 e. The fourth-order valence-corrected chi connectivity index (χ4v) is 2.42. The van der Waals surface area contributed by atoms with Gasteiger partial charge in [0.25, 0.3) is 0 Å². The first kappa shape index (κ1) is 12.9. The molecule has 1 aliphatic rings. The summed E-state index contributed by atoms with van der Waals surface area (Å²) in [5, 5.41) is 0. The van der Waals surface area contributed by atoms with Crippen LogP contribution in [-0.4, -0.2) is 24.9 Å². The molecule has 0 spiro atoms. The minimum absolute atomic E-state index is 0.119. The smallest absolute Gasteiger partial charge is 0.120 e. The molecule has 2 rings (SSSR count). The van der Waals surface area contributed by atoms with Gasteiger partial charge in [-0.15, -0.1) is 0 Å². The molecule has 0 radical (unpaired) electrons. The summed E-state index contributed by atoms with van der Waals surface area (Å²) in [6.07, 6.45) is 1.85. The van der Waals surface area contributed by atoms with Crippen molar-refractivity contribution in [2.45, 2.75) is 31.4 Å². The molecule has 4 heteroatoms. The second-order valence-electron chi connectivity index (χ2n) is 4.55. The number of nitrogens with two attached hydrogens (primary N) is 1. The van der Waals surface area contributed by atoms with Crippen molar-refractivity contribution >= 4 is 15.9 Å². The highest BCUT2D eigenvalue weighted by atomic mass is 79.9. The molecular weight excluding hydrogens is 282 g/mol. The third-order valence-electron chi connectivity index (χ3n) is 3.38. The van der Waals surface area contributed by atoms with E-state index in [0.717, 1.165) is 29.7 Å². The van der Waals surface area contributed by atoms with Crippen LogP contribution in [-0.2, 0) is 4.74 Å². The molecule has 0 aliphatic carbocycles.